The van der Waals surface area contributed by atoms with Crippen molar-refractivity contribution in [1.82, 2.24) is 20.1 Å². The Balaban J connectivity index is 1.74. The molecule has 0 bridgehead atoms. The molecule has 1 N–H and O–H groups in total. The van der Waals surface area contributed by atoms with Gasteiger partial charge >= 0.3 is 0 Å². The summed E-state index contributed by atoms with van der Waals surface area (Å²) in [6.07, 6.45) is 5.96. The normalized spacial score (nSPS) is 20.3. The Morgan fingerprint density at radius 2 is 2.33 bits per heavy atom. The molecule has 0 radical (unpaired) electrons. The van der Waals surface area contributed by atoms with E-state index in [1.54, 1.807) is 12.7 Å². The average Bonchev–Trinajstić information content (AvgIpc) is 2.71. The Labute approximate surface area is 94.8 Å². The minimum atomic E-state index is 0.472. The van der Waals surface area contributed by atoms with Crippen LogP contribution in [0.3, 0.4) is 0 Å². The zero-order valence-corrected chi connectivity index (χ0v) is 9.91. The van der Waals surface area contributed by atoms with Crippen molar-refractivity contribution in [2.75, 3.05) is 11.5 Å². The van der Waals surface area contributed by atoms with Gasteiger partial charge in [0.15, 0.2) is 0 Å². The Hall–Kier alpha value is -0.550. The standard InChI is InChI=1S/C10H18N4S/c1-9(6-14-8-11-7-12-14)13-10-2-4-15-5-3-10/h7-10,13H,2-6H2,1H3. The maximum atomic E-state index is 4.11. The van der Waals surface area contributed by atoms with Gasteiger partial charge in [0.05, 0.1) is 6.54 Å². The van der Waals surface area contributed by atoms with E-state index in [2.05, 4.69) is 34.1 Å². The third kappa shape index (κ3) is 3.50. The fourth-order valence-corrected chi connectivity index (χ4v) is 3.03. The highest BCUT2D eigenvalue weighted by atomic mass is 32.2. The number of thioether (sulfide) groups is 1. The molecule has 4 nitrogen and oxygen atoms in total. The van der Waals surface area contributed by atoms with E-state index in [1.165, 1.54) is 24.3 Å². The minimum absolute atomic E-state index is 0.472. The van der Waals surface area contributed by atoms with Gasteiger partial charge in [-0.05, 0) is 31.3 Å². The molecule has 0 aromatic carbocycles. The summed E-state index contributed by atoms with van der Waals surface area (Å²) in [6.45, 7) is 3.12. The number of hydrogen-bond donors (Lipinski definition) is 1. The van der Waals surface area contributed by atoms with E-state index in [-0.39, 0.29) is 0 Å². The van der Waals surface area contributed by atoms with Crippen LogP contribution in [0.4, 0.5) is 0 Å². The van der Waals surface area contributed by atoms with Crippen molar-refractivity contribution in [2.24, 2.45) is 0 Å². The van der Waals surface area contributed by atoms with Crippen molar-refractivity contribution < 1.29 is 0 Å². The molecule has 0 saturated carbocycles. The van der Waals surface area contributed by atoms with Crippen molar-refractivity contribution in [3.8, 4) is 0 Å². The highest BCUT2D eigenvalue weighted by molar-refractivity contribution is 7.99. The van der Waals surface area contributed by atoms with Gasteiger partial charge in [-0.3, -0.25) is 4.68 Å². The summed E-state index contributed by atoms with van der Waals surface area (Å²) in [5.41, 5.74) is 0. The Bertz CT molecular complexity index is 269. The minimum Gasteiger partial charge on any atom is -0.310 e. The molecule has 1 aliphatic heterocycles. The Kier molecular flexibility index (Phi) is 4.02. The zero-order valence-electron chi connectivity index (χ0n) is 9.09. The van der Waals surface area contributed by atoms with Crippen molar-refractivity contribution in [2.45, 2.75) is 38.4 Å². The molecule has 5 heteroatoms. The van der Waals surface area contributed by atoms with Crippen LogP contribution in [0.1, 0.15) is 19.8 Å². The van der Waals surface area contributed by atoms with Crippen LogP contribution in [-0.4, -0.2) is 38.4 Å². The third-order valence-corrected chi connectivity index (χ3v) is 3.72. The van der Waals surface area contributed by atoms with Crippen LogP contribution in [0.2, 0.25) is 0 Å². The molecule has 84 valence electrons. The second-order valence-corrected chi connectivity index (χ2v) is 5.30. The predicted octanol–water partition coefficient (Wildman–Crippen LogP) is 1.15. The Morgan fingerprint density at radius 1 is 1.53 bits per heavy atom. The molecule has 2 heterocycles. The van der Waals surface area contributed by atoms with Gasteiger partial charge in [-0.25, -0.2) is 4.98 Å². The van der Waals surface area contributed by atoms with Crippen LogP contribution in [0.15, 0.2) is 12.7 Å². The first-order valence-electron chi connectivity index (χ1n) is 5.51. The summed E-state index contributed by atoms with van der Waals surface area (Å²) >= 11 is 2.06. The summed E-state index contributed by atoms with van der Waals surface area (Å²) in [4.78, 5) is 3.94. The quantitative estimate of drug-likeness (QED) is 0.836. The molecule has 1 saturated heterocycles. The fourth-order valence-electron chi connectivity index (χ4n) is 1.93. The number of aromatic nitrogens is 3. The lowest BCUT2D eigenvalue weighted by Crippen LogP contribution is -2.41. The van der Waals surface area contributed by atoms with Crippen molar-refractivity contribution >= 4 is 11.8 Å². The second-order valence-electron chi connectivity index (χ2n) is 4.07. The maximum Gasteiger partial charge on any atom is 0.137 e. The van der Waals surface area contributed by atoms with E-state index < -0.39 is 0 Å². The summed E-state index contributed by atoms with van der Waals surface area (Å²) in [7, 11) is 0. The summed E-state index contributed by atoms with van der Waals surface area (Å²) in [5.74, 6) is 2.60. The summed E-state index contributed by atoms with van der Waals surface area (Å²) in [5, 5.41) is 7.77. The van der Waals surface area contributed by atoms with Gasteiger partial charge in [0.2, 0.25) is 0 Å². The lowest BCUT2D eigenvalue weighted by molar-refractivity contribution is 0.379. The molecular weight excluding hydrogens is 208 g/mol. The second kappa shape index (κ2) is 5.51. The van der Waals surface area contributed by atoms with Crippen molar-refractivity contribution in [3.05, 3.63) is 12.7 Å². The number of nitrogens with zero attached hydrogens (tertiary/aromatic N) is 3. The molecule has 0 aliphatic carbocycles. The molecule has 15 heavy (non-hydrogen) atoms. The van der Waals surface area contributed by atoms with Gasteiger partial charge in [0.1, 0.15) is 12.7 Å². The van der Waals surface area contributed by atoms with Crippen LogP contribution in [0.25, 0.3) is 0 Å². The molecule has 1 aliphatic rings. The molecule has 1 aromatic rings. The highest BCUT2D eigenvalue weighted by Crippen LogP contribution is 2.17. The summed E-state index contributed by atoms with van der Waals surface area (Å²) < 4.78 is 1.88. The predicted molar refractivity (Wildman–Crippen MR) is 63.0 cm³/mol. The van der Waals surface area contributed by atoms with Crippen LogP contribution in [-0.2, 0) is 6.54 Å². The Morgan fingerprint density at radius 3 is 3.00 bits per heavy atom. The summed E-state index contributed by atoms with van der Waals surface area (Å²) in [6, 6.07) is 1.17. The maximum absolute atomic E-state index is 4.11. The van der Waals surface area contributed by atoms with Gasteiger partial charge in [-0.15, -0.1) is 0 Å². The molecule has 2 rings (SSSR count). The van der Waals surface area contributed by atoms with Gasteiger partial charge in [0, 0.05) is 12.1 Å². The highest BCUT2D eigenvalue weighted by Gasteiger charge is 2.15. The molecule has 1 fully saturated rings. The first-order chi connectivity index (χ1) is 7.34. The van der Waals surface area contributed by atoms with Gasteiger partial charge in [-0.1, -0.05) is 0 Å². The SMILES string of the molecule is CC(Cn1cncn1)NC1CCSCC1. The van der Waals surface area contributed by atoms with E-state index in [0.29, 0.717) is 12.1 Å². The van der Waals surface area contributed by atoms with E-state index >= 15 is 0 Å². The van der Waals surface area contributed by atoms with Crippen LogP contribution >= 0.6 is 11.8 Å². The molecule has 0 amide bonds. The monoisotopic (exact) mass is 226 g/mol. The molecular formula is C10H18N4S. The molecule has 0 spiro atoms. The van der Waals surface area contributed by atoms with E-state index in [1.807, 2.05) is 4.68 Å². The topological polar surface area (TPSA) is 42.7 Å². The third-order valence-electron chi connectivity index (χ3n) is 2.67. The lowest BCUT2D eigenvalue weighted by Gasteiger charge is -2.26. The molecule has 1 aromatic heterocycles. The van der Waals surface area contributed by atoms with Gasteiger partial charge in [0.25, 0.3) is 0 Å². The van der Waals surface area contributed by atoms with E-state index in [0.717, 1.165) is 6.54 Å². The fraction of sp³-hybridized carbons (Fsp3) is 0.800. The number of nitrogens with one attached hydrogen (secondary N) is 1. The van der Waals surface area contributed by atoms with Crippen molar-refractivity contribution in [1.29, 1.82) is 0 Å². The smallest absolute Gasteiger partial charge is 0.137 e. The molecule has 1 atom stereocenters. The van der Waals surface area contributed by atoms with Crippen molar-refractivity contribution in [3.63, 3.8) is 0 Å². The molecule has 1 unspecified atom stereocenters. The van der Waals surface area contributed by atoms with E-state index in [9.17, 15) is 0 Å². The van der Waals surface area contributed by atoms with Crippen LogP contribution in [0, 0.1) is 0 Å². The first kappa shape index (κ1) is 11.0. The van der Waals surface area contributed by atoms with Crippen LogP contribution in [0.5, 0.6) is 0 Å². The lowest BCUT2D eigenvalue weighted by atomic mass is 10.1. The zero-order chi connectivity index (χ0) is 10.5. The first-order valence-corrected chi connectivity index (χ1v) is 6.66. The largest absolute Gasteiger partial charge is 0.310 e. The van der Waals surface area contributed by atoms with Crippen LogP contribution < -0.4 is 5.32 Å². The average molecular weight is 226 g/mol. The van der Waals surface area contributed by atoms with Gasteiger partial charge in [-0.2, -0.15) is 16.9 Å². The number of rotatable bonds is 4. The number of hydrogen-bond acceptors (Lipinski definition) is 4. The van der Waals surface area contributed by atoms with Gasteiger partial charge < -0.3 is 5.32 Å². The van der Waals surface area contributed by atoms with E-state index in [4.69, 9.17) is 0 Å².